The molecule has 4 rings (SSSR count). The number of aliphatic carboxylic acids is 1. The number of imidazole rings is 1. The number of ether oxygens (including phenoxy) is 1. The fourth-order valence-corrected chi connectivity index (χ4v) is 4.87. The number of esters is 1. The maximum atomic E-state index is 13.0. The SMILES string of the molecule is COC(=O)C1=C(c2ccc(-n3ccnc3)cc2)NC(C)=C(C(=O)O)C1C1CCCCC1. The van der Waals surface area contributed by atoms with Crippen molar-refractivity contribution in [2.24, 2.45) is 11.8 Å². The molecular formula is C24H27N3O4. The highest BCUT2D eigenvalue weighted by atomic mass is 16.5. The Bertz CT molecular complexity index is 1030. The maximum absolute atomic E-state index is 13.0. The van der Waals surface area contributed by atoms with Gasteiger partial charge in [-0.2, -0.15) is 0 Å². The van der Waals surface area contributed by atoms with Gasteiger partial charge in [0.1, 0.15) is 0 Å². The van der Waals surface area contributed by atoms with Gasteiger partial charge in [-0.1, -0.05) is 31.4 Å². The topological polar surface area (TPSA) is 93.5 Å². The van der Waals surface area contributed by atoms with Crippen molar-refractivity contribution >= 4 is 17.6 Å². The summed E-state index contributed by atoms with van der Waals surface area (Å²) in [7, 11) is 1.35. The van der Waals surface area contributed by atoms with Gasteiger partial charge in [0.05, 0.1) is 30.3 Å². The number of aromatic nitrogens is 2. The number of nitrogens with one attached hydrogen (secondary N) is 1. The van der Waals surface area contributed by atoms with E-state index in [9.17, 15) is 14.7 Å². The van der Waals surface area contributed by atoms with Crippen LogP contribution in [-0.2, 0) is 14.3 Å². The van der Waals surface area contributed by atoms with E-state index in [-0.39, 0.29) is 11.5 Å². The summed E-state index contributed by atoms with van der Waals surface area (Å²) in [6.07, 6.45) is 10.3. The molecule has 1 aromatic carbocycles. The van der Waals surface area contributed by atoms with Gasteiger partial charge >= 0.3 is 11.9 Å². The van der Waals surface area contributed by atoms with Gasteiger partial charge in [-0.05, 0) is 43.4 Å². The summed E-state index contributed by atoms with van der Waals surface area (Å²) in [5.41, 5.74) is 3.64. The summed E-state index contributed by atoms with van der Waals surface area (Å²) in [5.74, 6) is -1.86. The Balaban J connectivity index is 1.83. The molecule has 2 aromatic rings. The van der Waals surface area contributed by atoms with E-state index in [1.54, 1.807) is 19.4 Å². The maximum Gasteiger partial charge on any atom is 0.336 e. The first-order valence-corrected chi connectivity index (χ1v) is 10.6. The van der Waals surface area contributed by atoms with Crippen molar-refractivity contribution in [3.8, 4) is 5.69 Å². The van der Waals surface area contributed by atoms with E-state index >= 15 is 0 Å². The van der Waals surface area contributed by atoms with E-state index in [1.165, 1.54) is 7.11 Å². The predicted molar refractivity (Wildman–Crippen MR) is 116 cm³/mol. The molecule has 1 aromatic heterocycles. The van der Waals surface area contributed by atoms with Gasteiger partial charge in [0.15, 0.2) is 0 Å². The first-order valence-electron chi connectivity index (χ1n) is 10.6. The van der Waals surface area contributed by atoms with Crippen LogP contribution in [0.3, 0.4) is 0 Å². The smallest absolute Gasteiger partial charge is 0.336 e. The molecule has 0 spiro atoms. The normalized spacial score (nSPS) is 19.9. The van der Waals surface area contributed by atoms with Crippen LogP contribution in [0, 0.1) is 11.8 Å². The number of carbonyl (C=O) groups excluding carboxylic acids is 1. The van der Waals surface area contributed by atoms with Crippen LogP contribution in [0.25, 0.3) is 11.4 Å². The fourth-order valence-electron chi connectivity index (χ4n) is 4.87. The van der Waals surface area contributed by atoms with Gasteiger partial charge < -0.3 is 19.7 Å². The monoisotopic (exact) mass is 421 g/mol. The zero-order chi connectivity index (χ0) is 22.0. The summed E-state index contributed by atoms with van der Waals surface area (Å²) >= 11 is 0. The first kappa shape index (κ1) is 20.9. The number of hydrogen-bond donors (Lipinski definition) is 2. The molecule has 2 N–H and O–H groups in total. The number of carboxylic acids is 1. The highest BCUT2D eigenvalue weighted by Gasteiger charge is 2.42. The minimum absolute atomic E-state index is 0.103. The van der Waals surface area contributed by atoms with Crippen LogP contribution in [0.15, 0.2) is 59.8 Å². The number of rotatable bonds is 5. The minimum atomic E-state index is -0.989. The quantitative estimate of drug-likeness (QED) is 0.711. The molecule has 1 saturated carbocycles. The van der Waals surface area contributed by atoms with Crippen molar-refractivity contribution in [3.05, 3.63) is 65.4 Å². The van der Waals surface area contributed by atoms with Crippen molar-refractivity contribution in [2.45, 2.75) is 39.0 Å². The third-order valence-electron chi connectivity index (χ3n) is 6.32. The largest absolute Gasteiger partial charge is 0.478 e. The third kappa shape index (κ3) is 4.00. The number of methoxy groups -OCH3 is 1. The van der Waals surface area contributed by atoms with Crippen molar-refractivity contribution in [1.29, 1.82) is 0 Å². The second kappa shape index (κ2) is 8.79. The Morgan fingerprint density at radius 1 is 1.13 bits per heavy atom. The highest BCUT2D eigenvalue weighted by Crippen LogP contribution is 2.44. The Hall–Kier alpha value is -3.35. The molecule has 7 nitrogen and oxygen atoms in total. The Morgan fingerprint density at radius 3 is 2.42 bits per heavy atom. The van der Waals surface area contributed by atoms with Crippen LogP contribution in [0.4, 0.5) is 0 Å². The Morgan fingerprint density at radius 2 is 1.84 bits per heavy atom. The molecule has 1 atom stereocenters. The van der Waals surface area contributed by atoms with Crippen molar-refractivity contribution in [2.75, 3.05) is 7.11 Å². The van der Waals surface area contributed by atoms with Gasteiger partial charge in [-0.3, -0.25) is 0 Å². The second-order valence-electron chi connectivity index (χ2n) is 8.14. The van der Waals surface area contributed by atoms with E-state index in [1.807, 2.05) is 35.0 Å². The molecule has 0 saturated heterocycles. The molecule has 1 fully saturated rings. The van der Waals surface area contributed by atoms with Crippen LogP contribution >= 0.6 is 0 Å². The van der Waals surface area contributed by atoms with Crippen LogP contribution in [0.5, 0.6) is 0 Å². The van der Waals surface area contributed by atoms with E-state index in [0.717, 1.165) is 43.4 Å². The van der Waals surface area contributed by atoms with E-state index in [0.29, 0.717) is 17.0 Å². The molecule has 2 heterocycles. The van der Waals surface area contributed by atoms with Gasteiger partial charge in [0.2, 0.25) is 0 Å². The lowest BCUT2D eigenvalue weighted by Crippen LogP contribution is -2.37. The summed E-state index contributed by atoms with van der Waals surface area (Å²) < 4.78 is 7.04. The van der Waals surface area contributed by atoms with Crippen LogP contribution < -0.4 is 5.32 Å². The molecule has 7 heteroatoms. The number of nitrogens with zero attached hydrogens (tertiary/aromatic N) is 2. The van der Waals surface area contributed by atoms with Crippen molar-refractivity contribution in [1.82, 2.24) is 14.9 Å². The van der Waals surface area contributed by atoms with E-state index in [2.05, 4.69) is 10.3 Å². The van der Waals surface area contributed by atoms with Crippen LogP contribution in [0.2, 0.25) is 0 Å². The summed E-state index contributed by atoms with van der Waals surface area (Å²) in [4.78, 5) is 29.3. The predicted octanol–water partition coefficient (Wildman–Crippen LogP) is 3.91. The number of dihydropyridines is 1. The standard InChI is InChI=1S/C24H27N3O4/c1-15-19(23(28)29)20(16-6-4-3-5-7-16)21(24(30)31-2)22(26-15)17-8-10-18(11-9-17)27-13-12-25-14-27/h8-14,16,20,26H,3-7H2,1-2H3,(H,28,29). The van der Waals surface area contributed by atoms with Gasteiger partial charge in [0, 0.05) is 29.7 Å². The molecule has 162 valence electrons. The lowest BCUT2D eigenvalue weighted by atomic mass is 9.70. The molecule has 2 aliphatic rings. The van der Waals surface area contributed by atoms with Gasteiger partial charge in [0.25, 0.3) is 0 Å². The number of carbonyl (C=O) groups is 2. The molecule has 1 aliphatic carbocycles. The molecule has 31 heavy (non-hydrogen) atoms. The zero-order valence-electron chi connectivity index (χ0n) is 17.8. The molecule has 0 radical (unpaired) electrons. The molecular weight excluding hydrogens is 394 g/mol. The summed E-state index contributed by atoms with van der Waals surface area (Å²) in [6, 6.07) is 7.75. The molecule has 1 aliphatic heterocycles. The lowest BCUT2D eigenvalue weighted by molar-refractivity contribution is -0.137. The number of benzene rings is 1. The number of carboxylic acid groups (broad SMARTS) is 1. The van der Waals surface area contributed by atoms with Crippen LogP contribution in [0.1, 0.15) is 44.6 Å². The lowest BCUT2D eigenvalue weighted by Gasteiger charge is -2.37. The van der Waals surface area contributed by atoms with Crippen molar-refractivity contribution < 1.29 is 19.4 Å². The summed E-state index contributed by atoms with van der Waals surface area (Å²) in [6.45, 7) is 1.77. The molecule has 0 bridgehead atoms. The van der Waals surface area contributed by atoms with E-state index in [4.69, 9.17) is 4.74 Å². The molecule has 0 amide bonds. The van der Waals surface area contributed by atoms with Crippen LogP contribution in [-0.4, -0.2) is 33.7 Å². The molecule has 1 unspecified atom stereocenters. The van der Waals surface area contributed by atoms with E-state index < -0.39 is 17.9 Å². The zero-order valence-corrected chi connectivity index (χ0v) is 17.8. The third-order valence-corrected chi connectivity index (χ3v) is 6.32. The first-order chi connectivity index (χ1) is 15.0. The minimum Gasteiger partial charge on any atom is -0.478 e. The average molecular weight is 421 g/mol. The summed E-state index contributed by atoms with van der Waals surface area (Å²) in [5, 5.41) is 13.2. The Labute approximate surface area is 181 Å². The number of hydrogen-bond acceptors (Lipinski definition) is 5. The fraction of sp³-hybridized carbons (Fsp3) is 0.375. The Kier molecular flexibility index (Phi) is 5.93. The number of allylic oxidation sites excluding steroid dienone is 1. The van der Waals surface area contributed by atoms with Crippen molar-refractivity contribution in [3.63, 3.8) is 0 Å². The van der Waals surface area contributed by atoms with Gasteiger partial charge in [-0.25, -0.2) is 14.6 Å². The second-order valence-corrected chi connectivity index (χ2v) is 8.14. The average Bonchev–Trinajstić information content (AvgIpc) is 3.33. The van der Waals surface area contributed by atoms with Gasteiger partial charge in [-0.15, -0.1) is 0 Å². The highest BCUT2D eigenvalue weighted by molar-refractivity contribution is 6.03.